The molecule has 0 saturated heterocycles. The molecular weight excluding hydrogens is 419 g/mol. The molecule has 0 unspecified atom stereocenters. The van der Waals surface area contributed by atoms with Gasteiger partial charge in [-0.2, -0.15) is 5.10 Å². The Kier molecular flexibility index (Phi) is 12.0. The highest BCUT2D eigenvalue weighted by Crippen LogP contribution is 2.12. The maximum absolute atomic E-state index is 5.08. The van der Waals surface area contributed by atoms with E-state index in [4.69, 9.17) is 4.74 Å². The molecule has 2 N–H and O–H groups in total. The fraction of sp³-hybridized carbons (Fsp3) is 0.750. The number of nitrogens with zero attached hydrogens (tertiary/aromatic N) is 4. The number of methoxy groups -OCH3 is 1. The Morgan fingerprint density at radius 2 is 2.00 bits per heavy atom. The second-order valence-corrected chi connectivity index (χ2v) is 5.69. The van der Waals surface area contributed by atoms with Gasteiger partial charge >= 0.3 is 0 Å². The molecule has 0 saturated carbocycles. The summed E-state index contributed by atoms with van der Waals surface area (Å²) < 4.78 is 6.99. The summed E-state index contributed by atoms with van der Waals surface area (Å²) in [5.41, 5.74) is 3.41. The van der Waals surface area contributed by atoms with E-state index in [-0.39, 0.29) is 24.0 Å². The molecule has 0 fully saturated rings. The maximum atomic E-state index is 5.08. The number of hydrogen-bond acceptors (Lipinski definition) is 4. The molecule has 1 aromatic heterocycles. The lowest BCUT2D eigenvalue weighted by Gasteiger charge is -2.17. The average molecular weight is 452 g/mol. The number of ether oxygens (including phenoxy) is 1. The number of aromatic nitrogens is 2. The summed E-state index contributed by atoms with van der Waals surface area (Å²) in [6.45, 7) is 11.1. The molecule has 1 heterocycles. The number of halogens is 1. The molecule has 0 amide bonds. The van der Waals surface area contributed by atoms with Crippen LogP contribution in [0, 0.1) is 13.8 Å². The van der Waals surface area contributed by atoms with Crippen LogP contribution in [0.15, 0.2) is 4.99 Å². The van der Waals surface area contributed by atoms with Gasteiger partial charge in [-0.15, -0.1) is 24.0 Å². The van der Waals surface area contributed by atoms with Gasteiger partial charge in [0, 0.05) is 51.6 Å². The van der Waals surface area contributed by atoms with E-state index in [1.165, 1.54) is 11.3 Å². The van der Waals surface area contributed by atoms with E-state index in [0.29, 0.717) is 6.54 Å². The van der Waals surface area contributed by atoms with Crippen molar-refractivity contribution >= 4 is 29.9 Å². The standard InChI is InChI=1S/C16H32N6O.HI/c1-7-17-16(18-8-9-21(4)10-11-23-6)19-12-15-13(2)20-22(5)14(15)3;/h7-12H2,1-6H3,(H2,17,18,19);1H. The molecule has 24 heavy (non-hydrogen) atoms. The predicted molar refractivity (Wildman–Crippen MR) is 110 cm³/mol. The molecule has 0 aliphatic carbocycles. The Morgan fingerprint density at radius 3 is 2.54 bits per heavy atom. The van der Waals surface area contributed by atoms with Gasteiger partial charge in [0.2, 0.25) is 0 Å². The lowest BCUT2D eigenvalue weighted by atomic mass is 10.2. The van der Waals surface area contributed by atoms with Crippen molar-refractivity contribution in [1.29, 1.82) is 0 Å². The van der Waals surface area contributed by atoms with Crippen LogP contribution in [0.3, 0.4) is 0 Å². The molecule has 0 aliphatic heterocycles. The quantitative estimate of drug-likeness (QED) is 0.336. The zero-order valence-electron chi connectivity index (χ0n) is 15.8. The minimum absolute atomic E-state index is 0. The lowest BCUT2D eigenvalue weighted by Crippen LogP contribution is -2.41. The third-order valence-corrected chi connectivity index (χ3v) is 3.86. The molecule has 0 bridgehead atoms. The SMILES string of the molecule is CCNC(=NCc1c(C)nn(C)c1C)NCCN(C)CCOC.I. The summed E-state index contributed by atoms with van der Waals surface area (Å²) in [5, 5.41) is 11.1. The van der Waals surface area contributed by atoms with Crippen molar-refractivity contribution in [3.05, 3.63) is 17.0 Å². The number of hydrogen-bond donors (Lipinski definition) is 2. The third kappa shape index (κ3) is 7.80. The number of aryl methyl sites for hydroxylation is 2. The third-order valence-electron chi connectivity index (χ3n) is 3.86. The fourth-order valence-corrected chi connectivity index (χ4v) is 2.27. The monoisotopic (exact) mass is 452 g/mol. The van der Waals surface area contributed by atoms with Crippen molar-refractivity contribution in [1.82, 2.24) is 25.3 Å². The topological polar surface area (TPSA) is 66.7 Å². The molecule has 0 radical (unpaired) electrons. The van der Waals surface area contributed by atoms with Gasteiger partial charge in [-0.3, -0.25) is 4.68 Å². The number of aliphatic imine (C=N–C) groups is 1. The van der Waals surface area contributed by atoms with Crippen LogP contribution in [0.4, 0.5) is 0 Å². The van der Waals surface area contributed by atoms with Crippen LogP contribution in [0.1, 0.15) is 23.9 Å². The van der Waals surface area contributed by atoms with Crippen molar-refractivity contribution in [2.24, 2.45) is 12.0 Å². The summed E-state index contributed by atoms with van der Waals surface area (Å²) in [7, 11) is 5.78. The van der Waals surface area contributed by atoms with E-state index in [1.54, 1.807) is 7.11 Å². The van der Waals surface area contributed by atoms with Gasteiger partial charge in [0.1, 0.15) is 0 Å². The summed E-state index contributed by atoms with van der Waals surface area (Å²) in [6, 6.07) is 0. The molecule has 0 spiro atoms. The smallest absolute Gasteiger partial charge is 0.191 e. The number of likely N-dealkylation sites (N-methyl/N-ethyl adjacent to an activating group) is 1. The van der Waals surface area contributed by atoms with Crippen molar-refractivity contribution in [3.63, 3.8) is 0 Å². The lowest BCUT2D eigenvalue weighted by molar-refractivity contribution is 0.162. The first-order valence-electron chi connectivity index (χ1n) is 8.18. The van der Waals surface area contributed by atoms with Crippen LogP contribution in [0.5, 0.6) is 0 Å². The van der Waals surface area contributed by atoms with E-state index in [1.807, 2.05) is 18.7 Å². The number of rotatable bonds is 9. The second kappa shape index (κ2) is 12.5. The number of guanidine groups is 1. The molecular formula is C16H33IN6O. The minimum atomic E-state index is 0. The van der Waals surface area contributed by atoms with Gasteiger partial charge in [-0.25, -0.2) is 4.99 Å². The van der Waals surface area contributed by atoms with Gasteiger partial charge in [-0.1, -0.05) is 0 Å². The summed E-state index contributed by atoms with van der Waals surface area (Å²) >= 11 is 0. The highest BCUT2D eigenvalue weighted by molar-refractivity contribution is 14.0. The van der Waals surface area contributed by atoms with Crippen molar-refractivity contribution in [2.75, 3.05) is 46.9 Å². The highest BCUT2D eigenvalue weighted by Gasteiger charge is 2.09. The zero-order valence-corrected chi connectivity index (χ0v) is 18.2. The summed E-state index contributed by atoms with van der Waals surface area (Å²) in [5.74, 6) is 0.843. The van der Waals surface area contributed by atoms with Crippen LogP contribution >= 0.6 is 24.0 Å². The Morgan fingerprint density at radius 1 is 1.29 bits per heavy atom. The van der Waals surface area contributed by atoms with Crippen LogP contribution in [-0.4, -0.2) is 67.6 Å². The van der Waals surface area contributed by atoms with E-state index < -0.39 is 0 Å². The van der Waals surface area contributed by atoms with E-state index in [0.717, 1.165) is 44.4 Å². The largest absolute Gasteiger partial charge is 0.383 e. The van der Waals surface area contributed by atoms with Gasteiger partial charge in [0.05, 0.1) is 18.8 Å². The van der Waals surface area contributed by atoms with Gasteiger partial charge in [-0.05, 0) is 27.8 Å². The van der Waals surface area contributed by atoms with E-state index >= 15 is 0 Å². The van der Waals surface area contributed by atoms with Crippen LogP contribution in [0.2, 0.25) is 0 Å². The molecule has 0 atom stereocenters. The minimum Gasteiger partial charge on any atom is -0.383 e. The molecule has 8 heteroatoms. The normalized spacial score (nSPS) is 11.5. The Hall–Kier alpha value is -0.870. The molecule has 140 valence electrons. The molecule has 1 aromatic rings. The highest BCUT2D eigenvalue weighted by atomic mass is 127. The first-order chi connectivity index (χ1) is 11.0. The maximum Gasteiger partial charge on any atom is 0.191 e. The average Bonchev–Trinajstić information content (AvgIpc) is 2.76. The molecule has 0 aromatic carbocycles. The number of nitrogens with one attached hydrogen (secondary N) is 2. The fourth-order valence-electron chi connectivity index (χ4n) is 2.27. The Bertz CT molecular complexity index is 503. The van der Waals surface area contributed by atoms with Crippen LogP contribution in [-0.2, 0) is 18.3 Å². The van der Waals surface area contributed by atoms with E-state index in [9.17, 15) is 0 Å². The summed E-state index contributed by atoms with van der Waals surface area (Å²) in [4.78, 5) is 6.91. The Labute approximate surface area is 163 Å². The molecule has 0 aliphatic rings. The van der Waals surface area contributed by atoms with Crippen molar-refractivity contribution in [2.45, 2.75) is 27.3 Å². The van der Waals surface area contributed by atoms with Crippen LogP contribution < -0.4 is 10.6 Å². The first kappa shape index (κ1) is 23.1. The van der Waals surface area contributed by atoms with Crippen molar-refractivity contribution in [3.8, 4) is 0 Å². The van der Waals surface area contributed by atoms with Gasteiger partial charge in [0.25, 0.3) is 0 Å². The Balaban J connectivity index is 0.00000529. The van der Waals surface area contributed by atoms with Gasteiger partial charge < -0.3 is 20.3 Å². The zero-order chi connectivity index (χ0) is 17.2. The van der Waals surface area contributed by atoms with Crippen LogP contribution in [0.25, 0.3) is 0 Å². The molecule has 7 nitrogen and oxygen atoms in total. The molecule has 1 rings (SSSR count). The second-order valence-electron chi connectivity index (χ2n) is 5.69. The predicted octanol–water partition coefficient (Wildman–Crippen LogP) is 1.29. The van der Waals surface area contributed by atoms with E-state index in [2.05, 4.69) is 46.5 Å². The summed E-state index contributed by atoms with van der Waals surface area (Å²) in [6.07, 6.45) is 0. The van der Waals surface area contributed by atoms with Crippen molar-refractivity contribution < 1.29 is 4.74 Å². The first-order valence-corrected chi connectivity index (χ1v) is 8.18. The van der Waals surface area contributed by atoms with Gasteiger partial charge in [0.15, 0.2) is 5.96 Å².